The zero-order valence-electron chi connectivity index (χ0n) is 18.5. The van der Waals surface area contributed by atoms with Crippen LogP contribution in [0.25, 0.3) is 11.1 Å². The predicted octanol–water partition coefficient (Wildman–Crippen LogP) is 2.64. The number of nitriles is 1. The highest BCUT2D eigenvalue weighted by atomic mass is 16.2. The van der Waals surface area contributed by atoms with Crippen molar-refractivity contribution in [1.29, 1.82) is 5.26 Å². The molecule has 1 aromatic heterocycles. The molecule has 9 nitrogen and oxygen atoms in total. The van der Waals surface area contributed by atoms with Gasteiger partial charge in [0.05, 0.1) is 41.8 Å². The molecule has 3 aromatic rings. The molecular weight excluding hydrogens is 430 g/mol. The van der Waals surface area contributed by atoms with Crippen LogP contribution in [-0.2, 0) is 11.3 Å². The maximum atomic E-state index is 12.7. The third-order valence-electron chi connectivity index (χ3n) is 5.45. The fourth-order valence-electron chi connectivity index (χ4n) is 3.56. The highest BCUT2D eigenvalue weighted by molar-refractivity contribution is 6.00. The predicted molar refractivity (Wildman–Crippen MR) is 127 cm³/mol. The quantitative estimate of drug-likeness (QED) is 0.455. The second kappa shape index (κ2) is 9.34. The van der Waals surface area contributed by atoms with E-state index in [1.54, 1.807) is 18.3 Å². The molecule has 5 N–H and O–H groups in total. The topological polar surface area (TPSA) is 138 Å². The summed E-state index contributed by atoms with van der Waals surface area (Å²) in [5.41, 5.74) is 10.6. The zero-order chi connectivity index (χ0) is 24.2. The first-order valence-electron chi connectivity index (χ1n) is 10.5. The van der Waals surface area contributed by atoms with Gasteiger partial charge in [0.1, 0.15) is 5.70 Å². The van der Waals surface area contributed by atoms with Crippen LogP contribution in [0, 0.1) is 11.3 Å². The molecule has 34 heavy (non-hydrogen) atoms. The third-order valence-corrected chi connectivity index (χ3v) is 5.45. The van der Waals surface area contributed by atoms with Crippen LogP contribution in [0.2, 0.25) is 0 Å². The van der Waals surface area contributed by atoms with E-state index in [-0.39, 0.29) is 23.1 Å². The molecule has 0 fully saturated rings. The van der Waals surface area contributed by atoms with Gasteiger partial charge in [0.15, 0.2) is 0 Å². The Bertz CT molecular complexity index is 1350. The van der Waals surface area contributed by atoms with Crippen LogP contribution >= 0.6 is 0 Å². The number of nitrogens with one attached hydrogen (secondary N) is 3. The summed E-state index contributed by atoms with van der Waals surface area (Å²) >= 11 is 0. The molecule has 170 valence electrons. The largest absolute Gasteiger partial charge is 0.395 e. The molecule has 1 atom stereocenters. The Kier molecular flexibility index (Phi) is 6.14. The first-order chi connectivity index (χ1) is 16.3. The Morgan fingerprint density at radius 2 is 2.00 bits per heavy atom. The summed E-state index contributed by atoms with van der Waals surface area (Å²) < 4.78 is 1.83. The van der Waals surface area contributed by atoms with Crippen LogP contribution < -0.4 is 21.7 Å². The smallest absolute Gasteiger partial charge is 0.323 e. The van der Waals surface area contributed by atoms with Crippen LogP contribution in [0.15, 0.2) is 84.6 Å². The van der Waals surface area contributed by atoms with E-state index in [0.29, 0.717) is 12.1 Å². The molecule has 0 spiro atoms. The van der Waals surface area contributed by atoms with Crippen molar-refractivity contribution in [3.05, 3.63) is 101 Å². The SMILES string of the molecule is C=C1NC(=O)NC(C(=O)N[C@H](C)c2cccc(-c3cnn(Cc4ccc(C#N)cc4)c3)c2)=C1N. The van der Waals surface area contributed by atoms with E-state index in [2.05, 4.69) is 33.7 Å². The van der Waals surface area contributed by atoms with E-state index in [9.17, 15) is 9.59 Å². The molecule has 2 aromatic carbocycles. The fourth-order valence-corrected chi connectivity index (χ4v) is 3.56. The van der Waals surface area contributed by atoms with Gasteiger partial charge in [-0.3, -0.25) is 9.48 Å². The lowest BCUT2D eigenvalue weighted by Crippen LogP contribution is -2.47. The van der Waals surface area contributed by atoms with E-state index in [1.165, 1.54) is 0 Å². The lowest BCUT2D eigenvalue weighted by atomic mass is 10.0. The van der Waals surface area contributed by atoms with Crippen molar-refractivity contribution in [2.24, 2.45) is 5.73 Å². The molecule has 3 amide bonds. The minimum absolute atomic E-state index is 0.0270. The summed E-state index contributed by atoms with van der Waals surface area (Å²) in [6.07, 6.45) is 3.73. The highest BCUT2D eigenvalue weighted by Crippen LogP contribution is 2.24. The number of nitrogens with two attached hydrogens (primary N) is 1. The minimum atomic E-state index is -0.558. The number of hydrogen-bond acceptors (Lipinski definition) is 5. The Morgan fingerprint density at radius 3 is 2.74 bits per heavy atom. The van der Waals surface area contributed by atoms with Crippen molar-refractivity contribution >= 4 is 11.9 Å². The number of carbonyl (C=O) groups is 2. The van der Waals surface area contributed by atoms with Gasteiger partial charge < -0.3 is 21.7 Å². The standard InChI is InChI=1S/C25H23N7O2/c1-15(29-24(33)23-22(27)16(2)30-25(34)31-23)19-4-3-5-20(10-19)21-12-28-32(14-21)13-18-8-6-17(11-26)7-9-18/h3-10,12,14-15H,2,13,27H2,1H3,(H,29,33)(H2,30,31,34)/t15-/m1/s1. The van der Waals surface area contributed by atoms with Crippen LogP contribution in [0.1, 0.15) is 29.7 Å². The maximum Gasteiger partial charge on any atom is 0.323 e. The Balaban J connectivity index is 1.47. The molecule has 0 unspecified atom stereocenters. The van der Waals surface area contributed by atoms with Crippen molar-refractivity contribution in [2.45, 2.75) is 19.5 Å². The second-order valence-corrected chi connectivity index (χ2v) is 7.90. The molecule has 0 aliphatic carbocycles. The van der Waals surface area contributed by atoms with E-state index < -0.39 is 11.9 Å². The van der Waals surface area contributed by atoms with Crippen molar-refractivity contribution in [1.82, 2.24) is 25.7 Å². The second-order valence-electron chi connectivity index (χ2n) is 7.90. The number of amides is 3. The molecule has 1 aliphatic rings. The number of aromatic nitrogens is 2. The number of rotatable bonds is 6. The van der Waals surface area contributed by atoms with Crippen molar-refractivity contribution in [2.75, 3.05) is 0 Å². The van der Waals surface area contributed by atoms with Gasteiger partial charge in [0, 0.05) is 11.8 Å². The summed E-state index contributed by atoms with van der Waals surface area (Å²) in [7, 11) is 0. The first-order valence-corrected chi connectivity index (χ1v) is 10.5. The van der Waals surface area contributed by atoms with E-state index in [1.807, 2.05) is 54.2 Å². The summed E-state index contributed by atoms with van der Waals surface area (Å²) in [5.74, 6) is -0.498. The number of benzene rings is 2. The fraction of sp³-hybridized carbons (Fsp3) is 0.120. The number of carbonyl (C=O) groups excluding carboxylic acids is 2. The molecule has 4 rings (SSSR count). The van der Waals surface area contributed by atoms with Crippen LogP contribution in [0.4, 0.5) is 4.79 Å². The molecule has 9 heteroatoms. The van der Waals surface area contributed by atoms with Gasteiger partial charge in [-0.2, -0.15) is 10.4 Å². The number of nitrogens with zero attached hydrogens (tertiary/aromatic N) is 3. The molecular formula is C25H23N7O2. The van der Waals surface area contributed by atoms with Crippen LogP contribution in [0.5, 0.6) is 0 Å². The molecule has 2 heterocycles. The minimum Gasteiger partial charge on any atom is -0.395 e. The molecule has 0 radical (unpaired) electrons. The Morgan fingerprint density at radius 1 is 1.24 bits per heavy atom. The normalized spacial score (nSPS) is 14.1. The summed E-state index contributed by atoms with van der Waals surface area (Å²) in [6, 6.07) is 16.4. The van der Waals surface area contributed by atoms with Gasteiger partial charge in [-0.1, -0.05) is 36.9 Å². The molecule has 1 aliphatic heterocycles. The number of hydrogen-bond donors (Lipinski definition) is 4. The summed E-state index contributed by atoms with van der Waals surface area (Å²) in [6.45, 7) is 6.07. The van der Waals surface area contributed by atoms with Crippen molar-refractivity contribution < 1.29 is 9.59 Å². The van der Waals surface area contributed by atoms with Crippen molar-refractivity contribution in [3.63, 3.8) is 0 Å². The van der Waals surface area contributed by atoms with E-state index in [4.69, 9.17) is 11.0 Å². The molecule has 0 saturated carbocycles. The summed E-state index contributed by atoms with van der Waals surface area (Å²) in [5, 5.41) is 21.1. The third kappa shape index (κ3) is 4.81. The highest BCUT2D eigenvalue weighted by Gasteiger charge is 2.25. The zero-order valence-corrected chi connectivity index (χ0v) is 18.5. The van der Waals surface area contributed by atoms with E-state index in [0.717, 1.165) is 22.3 Å². The Hall–Kier alpha value is -4.84. The van der Waals surface area contributed by atoms with Gasteiger partial charge in [0.2, 0.25) is 0 Å². The lowest BCUT2D eigenvalue weighted by molar-refractivity contribution is -0.118. The number of urea groups is 1. The van der Waals surface area contributed by atoms with Gasteiger partial charge in [-0.15, -0.1) is 0 Å². The van der Waals surface area contributed by atoms with Crippen LogP contribution in [0.3, 0.4) is 0 Å². The van der Waals surface area contributed by atoms with Gasteiger partial charge >= 0.3 is 6.03 Å². The van der Waals surface area contributed by atoms with Gasteiger partial charge in [-0.25, -0.2) is 4.79 Å². The average molecular weight is 454 g/mol. The molecule has 0 bridgehead atoms. The summed E-state index contributed by atoms with van der Waals surface area (Å²) in [4.78, 5) is 24.4. The van der Waals surface area contributed by atoms with Crippen molar-refractivity contribution in [3.8, 4) is 17.2 Å². The first kappa shape index (κ1) is 22.4. The van der Waals surface area contributed by atoms with Crippen LogP contribution in [-0.4, -0.2) is 21.7 Å². The average Bonchev–Trinajstić information content (AvgIpc) is 3.30. The maximum absolute atomic E-state index is 12.7. The van der Waals surface area contributed by atoms with Gasteiger partial charge in [0.25, 0.3) is 5.91 Å². The molecule has 0 saturated heterocycles. The van der Waals surface area contributed by atoms with E-state index >= 15 is 0 Å². The lowest BCUT2D eigenvalue weighted by Gasteiger charge is -2.22. The van der Waals surface area contributed by atoms with Gasteiger partial charge in [-0.05, 0) is 41.8 Å². The Labute approximate surface area is 196 Å². The monoisotopic (exact) mass is 453 g/mol.